The fourth-order valence-corrected chi connectivity index (χ4v) is 3.02. The average molecular weight is 302 g/mol. The van der Waals surface area contributed by atoms with Crippen molar-refractivity contribution in [3.05, 3.63) is 35.9 Å². The van der Waals surface area contributed by atoms with Gasteiger partial charge in [-0.15, -0.1) is 0 Å². The summed E-state index contributed by atoms with van der Waals surface area (Å²) in [6.07, 6.45) is 2.65. The number of hydrogen-bond acceptors (Lipinski definition) is 2. The van der Waals surface area contributed by atoms with Crippen LogP contribution in [0.15, 0.2) is 30.3 Å². The number of nitrogens with zero attached hydrogens (tertiary/aromatic N) is 2. The highest BCUT2D eigenvalue weighted by atomic mass is 16.2. The van der Waals surface area contributed by atoms with Gasteiger partial charge in [-0.3, -0.25) is 9.59 Å². The zero-order chi connectivity index (χ0) is 16.1. The molecule has 0 radical (unpaired) electrons. The number of rotatable bonds is 6. The van der Waals surface area contributed by atoms with Gasteiger partial charge in [0, 0.05) is 20.0 Å². The van der Waals surface area contributed by atoms with Crippen LogP contribution in [0.5, 0.6) is 0 Å². The topological polar surface area (TPSA) is 40.6 Å². The highest BCUT2D eigenvalue weighted by Gasteiger charge is 2.38. The molecule has 1 aliphatic rings. The van der Waals surface area contributed by atoms with Crippen molar-refractivity contribution in [1.82, 2.24) is 9.80 Å². The lowest BCUT2D eigenvalue weighted by atomic mass is 9.97. The number of carbonyl (C=O) groups is 2. The first-order chi connectivity index (χ1) is 10.6. The molecule has 1 aliphatic heterocycles. The second kappa shape index (κ2) is 7.43. The van der Waals surface area contributed by atoms with E-state index in [2.05, 4.69) is 13.8 Å². The summed E-state index contributed by atoms with van der Waals surface area (Å²) < 4.78 is 0. The molecule has 22 heavy (non-hydrogen) atoms. The molecule has 0 unspecified atom stereocenters. The van der Waals surface area contributed by atoms with E-state index in [1.165, 1.54) is 0 Å². The Morgan fingerprint density at radius 2 is 1.77 bits per heavy atom. The number of amides is 2. The number of piperazine rings is 1. The largest absolute Gasteiger partial charge is 0.335 e. The van der Waals surface area contributed by atoms with Crippen molar-refractivity contribution < 1.29 is 9.59 Å². The SMILES string of the molecule is CCC(CC)CN1C(=O)CN(C)C(=O)[C@@H]1Cc1ccccc1. The Kier molecular flexibility index (Phi) is 5.58. The summed E-state index contributed by atoms with van der Waals surface area (Å²) in [5.74, 6) is 0.572. The Hall–Kier alpha value is -1.84. The lowest BCUT2D eigenvalue weighted by molar-refractivity contribution is -0.155. The standard InChI is InChI=1S/C18H26N2O2/c1-4-14(5-2)12-20-16(11-15-9-7-6-8-10-15)18(22)19(3)13-17(20)21/h6-10,14,16H,4-5,11-13H2,1-3H3/t16-/m0/s1. The van der Waals surface area contributed by atoms with Crippen LogP contribution in [0.4, 0.5) is 0 Å². The van der Waals surface area contributed by atoms with E-state index in [-0.39, 0.29) is 24.4 Å². The summed E-state index contributed by atoms with van der Waals surface area (Å²) in [4.78, 5) is 28.4. The summed E-state index contributed by atoms with van der Waals surface area (Å²) in [6.45, 7) is 5.17. The summed E-state index contributed by atoms with van der Waals surface area (Å²) in [5, 5.41) is 0. The number of carbonyl (C=O) groups excluding carboxylic acids is 2. The smallest absolute Gasteiger partial charge is 0.245 e. The minimum atomic E-state index is -0.366. The molecule has 1 aromatic rings. The normalized spacial score (nSPS) is 19.2. The van der Waals surface area contributed by atoms with Crippen molar-refractivity contribution >= 4 is 11.8 Å². The molecule has 0 aromatic heterocycles. The summed E-state index contributed by atoms with van der Waals surface area (Å²) >= 11 is 0. The van der Waals surface area contributed by atoms with Crippen LogP contribution in [-0.2, 0) is 16.0 Å². The van der Waals surface area contributed by atoms with Crippen molar-refractivity contribution in [3.8, 4) is 0 Å². The van der Waals surface area contributed by atoms with E-state index >= 15 is 0 Å². The van der Waals surface area contributed by atoms with Crippen LogP contribution in [0.2, 0.25) is 0 Å². The molecule has 4 nitrogen and oxygen atoms in total. The first-order valence-corrected chi connectivity index (χ1v) is 8.15. The van der Waals surface area contributed by atoms with Crippen LogP contribution >= 0.6 is 0 Å². The van der Waals surface area contributed by atoms with Gasteiger partial charge in [-0.25, -0.2) is 0 Å². The molecule has 0 aliphatic carbocycles. The van der Waals surface area contributed by atoms with E-state index in [1.807, 2.05) is 35.2 Å². The molecular formula is C18H26N2O2. The van der Waals surface area contributed by atoms with E-state index < -0.39 is 0 Å². The minimum absolute atomic E-state index is 0.0504. The fraction of sp³-hybridized carbons (Fsp3) is 0.556. The van der Waals surface area contributed by atoms with Crippen molar-refractivity contribution in [2.75, 3.05) is 20.1 Å². The van der Waals surface area contributed by atoms with Crippen LogP contribution < -0.4 is 0 Å². The van der Waals surface area contributed by atoms with Gasteiger partial charge < -0.3 is 9.80 Å². The van der Waals surface area contributed by atoms with E-state index in [0.717, 1.165) is 18.4 Å². The van der Waals surface area contributed by atoms with Crippen LogP contribution in [0.1, 0.15) is 32.3 Å². The molecule has 2 rings (SSSR count). The zero-order valence-corrected chi connectivity index (χ0v) is 13.8. The van der Waals surface area contributed by atoms with Crippen LogP contribution in [-0.4, -0.2) is 47.8 Å². The minimum Gasteiger partial charge on any atom is -0.335 e. The molecule has 2 amide bonds. The molecule has 0 N–H and O–H groups in total. The Morgan fingerprint density at radius 1 is 1.14 bits per heavy atom. The third-order valence-corrected chi connectivity index (χ3v) is 4.61. The van der Waals surface area contributed by atoms with Gasteiger partial charge in [0.1, 0.15) is 6.04 Å². The molecule has 1 heterocycles. The molecule has 0 bridgehead atoms. The molecule has 120 valence electrons. The Morgan fingerprint density at radius 3 is 2.36 bits per heavy atom. The second-order valence-electron chi connectivity index (χ2n) is 6.13. The van der Waals surface area contributed by atoms with Crippen LogP contribution in [0, 0.1) is 5.92 Å². The third kappa shape index (κ3) is 3.67. The first-order valence-electron chi connectivity index (χ1n) is 8.15. The molecule has 4 heteroatoms. The summed E-state index contributed by atoms with van der Waals surface area (Å²) in [6, 6.07) is 9.57. The molecule has 0 saturated carbocycles. The zero-order valence-electron chi connectivity index (χ0n) is 13.8. The molecule has 1 saturated heterocycles. The lowest BCUT2D eigenvalue weighted by Crippen LogP contribution is -2.60. The Bertz CT molecular complexity index is 511. The maximum atomic E-state index is 12.6. The average Bonchev–Trinajstić information content (AvgIpc) is 2.53. The molecule has 1 aromatic carbocycles. The molecular weight excluding hydrogens is 276 g/mol. The highest BCUT2D eigenvalue weighted by Crippen LogP contribution is 2.20. The number of hydrogen-bond donors (Lipinski definition) is 0. The number of benzene rings is 1. The highest BCUT2D eigenvalue weighted by molar-refractivity contribution is 5.94. The molecule has 0 spiro atoms. The van der Waals surface area contributed by atoms with E-state index in [1.54, 1.807) is 11.9 Å². The summed E-state index contributed by atoms with van der Waals surface area (Å²) in [7, 11) is 1.71. The van der Waals surface area contributed by atoms with Gasteiger partial charge in [0.15, 0.2) is 0 Å². The third-order valence-electron chi connectivity index (χ3n) is 4.61. The van der Waals surface area contributed by atoms with E-state index in [9.17, 15) is 9.59 Å². The maximum Gasteiger partial charge on any atom is 0.245 e. The van der Waals surface area contributed by atoms with Gasteiger partial charge in [-0.05, 0) is 11.5 Å². The van der Waals surface area contributed by atoms with Gasteiger partial charge in [-0.2, -0.15) is 0 Å². The van der Waals surface area contributed by atoms with Gasteiger partial charge in [0.05, 0.1) is 6.54 Å². The predicted molar refractivity (Wildman–Crippen MR) is 87.4 cm³/mol. The van der Waals surface area contributed by atoms with Gasteiger partial charge in [0.2, 0.25) is 11.8 Å². The van der Waals surface area contributed by atoms with Crippen molar-refractivity contribution in [1.29, 1.82) is 0 Å². The van der Waals surface area contributed by atoms with Gasteiger partial charge in [-0.1, -0.05) is 57.0 Å². The molecule has 1 fully saturated rings. The monoisotopic (exact) mass is 302 g/mol. The quantitative estimate of drug-likeness (QED) is 0.809. The number of likely N-dealkylation sites (N-methyl/N-ethyl adjacent to an activating group) is 1. The van der Waals surface area contributed by atoms with E-state index in [0.29, 0.717) is 18.9 Å². The molecule has 1 atom stereocenters. The maximum absolute atomic E-state index is 12.6. The van der Waals surface area contributed by atoms with Crippen molar-refractivity contribution in [2.45, 2.75) is 39.2 Å². The second-order valence-corrected chi connectivity index (χ2v) is 6.13. The first kappa shape index (κ1) is 16.5. The van der Waals surface area contributed by atoms with Crippen molar-refractivity contribution in [3.63, 3.8) is 0 Å². The van der Waals surface area contributed by atoms with Gasteiger partial charge in [0.25, 0.3) is 0 Å². The predicted octanol–water partition coefficient (Wildman–Crippen LogP) is 2.33. The Labute approximate surface area is 133 Å². The van der Waals surface area contributed by atoms with Gasteiger partial charge >= 0.3 is 0 Å². The van der Waals surface area contributed by atoms with Crippen LogP contribution in [0.3, 0.4) is 0 Å². The fourth-order valence-electron chi connectivity index (χ4n) is 3.02. The lowest BCUT2D eigenvalue weighted by Gasteiger charge is -2.40. The van der Waals surface area contributed by atoms with Crippen LogP contribution in [0.25, 0.3) is 0 Å². The van der Waals surface area contributed by atoms with Crippen molar-refractivity contribution in [2.24, 2.45) is 5.92 Å². The Balaban J connectivity index is 2.21. The summed E-state index contributed by atoms with van der Waals surface area (Å²) in [5.41, 5.74) is 1.10. The van der Waals surface area contributed by atoms with E-state index in [4.69, 9.17) is 0 Å².